The Bertz CT molecular complexity index is 728. The number of nitrogens with one attached hydrogen (secondary N) is 3. The van der Waals surface area contributed by atoms with Crippen LogP contribution in [-0.2, 0) is 4.74 Å². The first-order chi connectivity index (χ1) is 9.63. The Morgan fingerprint density at radius 3 is 2.70 bits per heavy atom. The third-order valence-electron chi connectivity index (χ3n) is 3.79. The highest BCUT2D eigenvalue weighted by atomic mass is 16.5. The Balaban J connectivity index is 1.87. The summed E-state index contributed by atoms with van der Waals surface area (Å²) in [5.41, 5.74) is 0.896. The van der Waals surface area contributed by atoms with Gasteiger partial charge in [0, 0.05) is 24.3 Å². The van der Waals surface area contributed by atoms with Crippen LogP contribution in [0.1, 0.15) is 13.3 Å². The zero-order chi connectivity index (χ0) is 14.1. The van der Waals surface area contributed by atoms with Gasteiger partial charge in [0.1, 0.15) is 0 Å². The van der Waals surface area contributed by atoms with E-state index in [4.69, 9.17) is 4.74 Å². The lowest BCUT2D eigenvalue weighted by Gasteiger charge is -2.20. The fourth-order valence-corrected chi connectivity index (χ4v) is 2.53. The first-order valence-corrected chi connectivity index (χ1v) is 6.74. The number of fused-ring (bicyclic) bond motifs is 1. The average Bonchev–Trinajstić information content (AvgIpc) is 2.94. The van der Waals surface area contributed by atoms with Crippen LogP contribution in [0.25, 0.3) is 11.0 Å². The molecule has 2 unspecified atom stereocenters. The molecule has 0 amide bonds. The molecule has 1 aromatic carbocycles. The third-order valence-corrected chi connectivity index (χ3v) is 3.79. The number of H-pyrrole nitrogens is 2. The van der Waals surface area contributed by atoms with Crippen LogP contribution in [0, 0.1) is 5.92 Å². The topological polar surface area (TPSA) is 87.0 Å². The van der Waals surface area contributed by atoms with Crippen molar-refractivity contribution in [2.75, 3.05) is 18.5 Å². The molecule has 0 radical (unpaired) electrons. The number of aromatic nitrogens is 2. The number of anilines is 1. The minimum absolute atomic E-state index is 0.296. The molecule has 1 saturated heterocycles. The second kappa shape index (κ2) is 5.13. The molecule has 0 bridgehead atoms. The molecule has 1 fully saturated rings. The van der Waals surface area contributed by atoms with E-state index in [9.17, 15) is 9.59 Å². The van der Waals surface area contributed by atoms with Gasteiger partial charge in [-0.25, -0.2) is 0 Å². The predicted octanol–water partition coefficient (Wildman–Crippen LogP) is 1.05. The average molecular weight is 275 g/mol. The Hall–Kier alpha value is -2.08. The first kappa shape index (κ1) is 12.9. The van der Waals surface area contributed by atoms with E-state index in [0.29, 0.717) is 23.0 Å². The van der Waals surface area contributed by atoms with Crippen molar-refractivity contribution in [3.05, 3.63) is 38.9 Å². The molecule has 3 rings (SSSR count). The first-order valence-electron chi connectivity index (χ1n) is 6.74. The molecule has 106 valence electrons. The van der Waals surface area contributed by atoms with Crippen molar-refractivity contribution < 1.29 is 4.74 Å². The van der Waals surface area contributed by atoms with Crippen LogP contribution in [-0.4, -0.2) is 29.2 Å². The van der Waals surface area contributed by atoms with Gasteiger partial charge < -0.3 is 20.0 Å². The van der Waals surface area contributed by atoms with E-state index in [1.165, 1.54) is 0 Å². The summed E-state index contributed by atoms with van der Waals surface area (Å²) in [6, 6.07) is 5.80. The highest BCUT2D eigenvalue weighted by molar-refractivity contribution is 5.78. The van der Waals surface area contributed by atoms with Crippen molar-refractivity contribution in [1.82, 2.24) is 9.97 Å². The van der Waals surface area contributed by atoms with E-state index in [1.54, 1.807) is 6.07 Å². The number of benzene rings is 1. The molecule has 2 aromatic rings. The Labute approximate surface area is 115 Å². The van der Waals surface area contributed by atoms with E-state index >= 15 is 0 Å². The van der Waals surface area contributed by atoms with Gasteiger partial charge in [0.05, 0.1) is 17.6 Å². The van der Waals surface area contributed by atoms with Crippen molar-refractivity contribution in [2.24, 2.45) is 5.92 Å². The van der Waals surface area contributed by atoms with Crippen molar-refractivity contribution in [3.63, 3.8) is 0 Å². The third kappa shape index (κ3) is 2.46. The second-order valence-electron chi connectivity index (χ2n) is 5.23. The molecule has 6 heteroatoms. The van der Waals surface area contributed by atoms with Crippen LogP contribution >= 0.6 is 0 Å². The van der Waals surface area contributed by atoms with Crippen molar-refractivity contribution in [3.8, 4) is 0 Å². The van der Waals surface area contributed by atoms with Gasteiger partial charge in [-0.2, -0.15) is 0 Å². The van der Waals surface area contributed by atoms with Crippen LogP contribution in [0.3, 0.4) is 0 Å². The largest absolute Gasteiger partial charge is 0.382 e. The van der Waals surface area contributed by atoms with Crippen molar-refractivity contribution in [2.45, 2.75) is 19.4 Å². The molecule has 2 heterocycles. The highest BCUT2D eigenvalue weighted by Crippen LogP contribution is 2.21. The summed E-state index contributed by atoms with van der Waals surface area (Å²) in [5, 5.41) is 3.42. The molecule has 1 aliphatic heterocycles. The number of ether oxygens (including phenoxy) is 1. The molecule has 20 heavy (non-hydrogen) atoms. The molecule has 0 saturated carbocycles. The Morgan fingerprint density at radius 2 is 2.00 bits per heavy atom. The molecule has 2 atom stereocenters. The summed E-state index contributed by atoms with van der Waals surface area (Å²) in [6.07, 6.45) is 1.06. The van der Waals surface area contributed by atoms with Gasteiger partial charge in [-0.3, -0.25) is 9.59 Å². The van der Waals surface area contributed by atoms with Gasteiger partial charge in [-0.05, 0) is 31.5 Å². The lowest BCUT2D eigenvalue weighted by Crippen LogP contribution is -2.29. The number of hydrogen-bond donors (Lipinski definition) is 3. The number of aromatic amines is 2. The van der Waals surface area contributed by atoms with E-state index in [-0.39, 0.29) is 0 Å². The Kier molecular flexibility index (Phi) is 3.31. The lowest BCUT2D eigenvalue weighted by atomic mass is 10.0. The normalized spacial score (nSPS) is 20.1. The van der Waals surface area contributed by atoms with Gasteiger partial charge >= 0.3 is 11.1 Å². The number of rotatable bonds is 3. The number of hydrogen-bond acceptors (Lipinski definition) is 4. The van der Waals surface area contributed by atoms with E-state index < -0.39 is 11.1 Å². The second-order valence-corrected chi connectivity index (χ2v) is 5.23. The summed E-state index contributed by atoms with van der Waals surface area (Å²) >= 11 is 0. The Morgan fingerprint density at radius 1 is 1.25 bits per heavy atom. The van der Waals surface area contributed by atoms with Gasteiger partial charge in [0.15, 0.2) is 0 Å². The fourth-order valence-electron chi connectivity index (χ4n) is 2.53. The van der Waals surface area contributed by atoms with E-state index in [0.717, 1.165) is 25.3 Å². The smallest absolute Gasteiger partial charge is 0.314 e. The molecular formula is C14H17N3O3. The van der Waals surface area contributed by atoms with Gasteiger partial charge in [-0.15, -0.1) is 0 Å². The molecular weight excluding hydrogens is 258 g/mol. The molecule has 1 aromatic heterocycles. The zero-order valence-corrected chi connectivity index (χ0v) is 11.2. The van der Waals surface area contributed by atoms with Crippen LogP contribution in [0.5, 0.6) is 0 Å². The summed E-state index contributed by atoms with van der Waals surface area (Å²) in [6.45, 7) is 3.73. The van der Waals surface area contributed by atoms with Crippen LogP contribution in [0.4, 0.5) is 5.69 Å². The summed E-state index contributed by atoms with van der Waals surface area (Å²) in [4.78, 5) is 27.7. The summed E-state index contributed by atoms with van der Waals surface area (Å²) < 4.78 is 5.39. The summed E-state index contributed by atoms with van der Waals surface area (Å²) in [5.74, 6) is 0.500. The van der Waals surface area contributed by atoms with Crippen molar-refractivity contribution in [1.29, 1.82) is 0 Å². The molecule has 0 spiro atoms. The van der Waals surface area contributed by atoms with Crippen LogP contribution < -0.4 is 16.4 Å². The quantitative estimate of drug-likeness (QED) is 0.731. The lowest BCUT2D eigenvalue weighted by molar-refractivity contribution is 0.183. The minimum Gasteiger partial charge on any atom is -0.382 e. The summed E-state index contributed by atoms with van der Waals surface area (Å²) in [7, 11) is 0. The SMILES string of the molecule is CC(Nc1ccc2[nH]c(=O)c(=O)[nH]c2c1)C1CCOC1. The zero-order valence-electron chi connectivity index (χ0n) is 11.2. The van der Waals surface area contributed by atoms with Crippen LogP contribution in [0.2, 0.25) is 0 Å². The van der Waals surface area contributed by atoms with Crippen molar-refractivity contribution >= 4 is 16.7 Å². The van der Waals surface area contributed by atoms with Gasteiger partial charge in [0.25, 0.3) is 0 Å². The van der Waals surface area contributed by atoms with Gasteiger partial charge in [0.2, 0.25) is 0 Å². The monoisotopic (exact) mass is 275 g/mol. The maximum atomic E-state index is 11.3. The minimum atomic E-state index is -0.633. The fraction of sp³-hybridized carbons (Fsp3) is 0.429. The van der Waals surface area contributed by atoms with E-state index in [2.05, 4.69) is 22.2 Å². The van der Waals surface area contributed by atoms with E-state index in [1.807, 2.05) is 12.1 Å². The molecule has 6 nitrogen and oxygen atoms in total. The maximum Gasteiger partial charge on any atom is 0.314 e. The maximum absolute atomic E-state index is 11.3. The van der Waals surface area contributed by atoms with Gasteiger partial charge in [-0.1, -0.05) is 0 Å². The van der Waals surface area contributed by atoms with Crippen LogP contribution in [0.15, 0.2) is 27.8 Å². The predicted molar refractivity (Wildman–Crippen MR) is 77.2 cm³/mol. The highest BCUT2D eigenvalue weighted by Gasteiger charge is 2.22. The standard InChI is InChI=1S/C14H17N3O3/c1-8(9-4-5-20-7-9)15-10-2-3-11-12(6-10)17-14(19)13(18)16-11/h2-3,6,8-9,15H,4-5,7H2,1H3,(H,16,18)(H,17,19). The molecule has 0 aliphatic carbocycles. The molecule has 3 N–H and O–H groups in total. The molecule has 1 aliphatic rings.